The molecule has 1 aromatic heterocycles. The van der Waals surface area contributed by atoms with Crippen LogP contribution in [0.1, 0.15) is 44.5 Å². The molecule has 0 saturated carbocycles. The molecule has 0 spiro atoms. The molecular formula is C58H39NS. The van der Waals surface area contributed by atoms with Gasteiger partial charge in [0.25, 0.3) is 0 Å². The van der Waals surface area contributed by atoms with E-state index in [1.807, 2.05) is 0 Å². The van der Waals surface area contributed by atoms with Crippen molar-refractivity contribution < 1.29 is 0 Å². The Hall–Kier alpha value is -7.26. The van der Waals surface area contributed by atoms with Gasteiger partial charge in [-0.15, -0.1) is 11.3 Å². The number of rotatable bonds is 7. The topological polar surface area (TPSA) is 3.24 Å². The summed E-state index contributed by atoms with van der Waals surface area (Å²) in [6, 6.07) is 85.9. The third-order valence-electron chi connectivity index (χ3n) is 13.1. The number of hydrogen-bond donors (Lipinski definition) is 0. The molecule has 1 nitrogen and oxygen atoms in total. The van der Waals surface area contributed by atoms with Crippen LogP contribution in [0.3, 0.4) is 0 Å². The van der Waals surface area contributed by atoms with E-state index in [0.29, 0.717) is 0 Å². The standard InChI is InChI=1S/C58H39NS/c1-5-18-41(19-6-1)57(42-20-7-2-8-21-42)51-29-16-14-27-49(51)56-52(57)30-17-31-54(56)59(46-33-32-40-36-37-60-55(40)39-46)45-34-35-48-47-26-13-15-28-50(47)58(53(48)38-45,43-22-9-3-10-23-43)44-24-11-4-12-25-44/h1-39H. The Balaban J connectivity index is 1.18. The first-order valence-electron chi connectivity index (χ1n) is 20.8. The summed E-state index contributed by atoms with van der Waals surface area (Å²) in [6.07, 6.45) is 0. The van der Waals surface area contributed by atoms with Crippen molar-refractivity contribution in [2.24, 2.45) is 0 Å². The molecule has 2 heteroatoms. The summed E-state index contributed by atoms with van der Waals surface area (Å²) >= 11 is 1.80. The molecule has 0 unspecified atom stereocenters. The lowest BCUT2D eigenvalue weighted by molar-refractivity contribution is 0.768. The van der Waals surface area contributed by atoms with Crippen LogP contribution in [0.25, 0.3) is 32.3 Å². The molecule has 10 aromatic rings. The Kier molecular flexibility index (Phi) is 7.91. The molecule has 0 radical (unpaired) electrons. The SMILES string of the molecule is c1ccc(C2(c3ccccc3)c3ccccc3-c3ccc(N(c4ccc5ccsc5c4)c4cccc5c4-c4ccccc4C5(c4ccccc4)c4ccccc4)cc32)cc1. The van der Waals surface area contributed by atoms with Gasteiger partial charge in [-0.3, -0.25) is 0 Å². The number of nitrogens with zero attached hydrogens (tertiary/aromatic N) is 1. The number of hydrogen-bond acceptors (Lipinski definition) is 2. The molecule has 0 aliphatic heterocycles. The van der Waals surface area contributed by atoms with Crippen LogP contribution in [-0.4, -0.2) is 0 Å². The fraction of sp³-hybridized carbons (Fsp3) is 0.0345. The van der Waals surface area contributed by atoms with Gasteiger partial charge in [0.2, 0.25) is 0 Å². The summed E-state index contributed by atoms with van der Waals surface area (Å²) in [6.45, 7) is 0. The van der Waals surface area contributed by atoms with Crippen molar-refractivity contribution >= 4 is 38.5 Å². The molecule has 9 aromatic carbocycles. The first-order chi connectivity index (χ1) is 29.8. The third kappa shape index (κ3) is 4.86. The van der Waals surface area contributed by atoms with Crippen LogP contribution in [0.2, 0.25) is 0 Å². The van der Waals surface area contributed by atoms with Crippen molar-refractivity contribution in [3.63, 3.8) is 0 Å². The second-order valence-corrected chi connectivity index (χ2v) is 16.9. The normalized spacial score (nSPS) is 13.9. The molecule has 0 N–H and O–H groups in total. The van der Waals surface area contributed by atoms with Gasteiger partial charge in [-0.25, -0.2) is 0 Å². The smallest absolute Gasteiger partial charge is 0.0714 e. The van der Waals surface area contributed by atoms with Crippen molar-refractivity contribution in [3.8, 4) is 22.3 Å². The van der Waals surface area contributed by atoms with E-state index < -0.39 is 10.8 Å². The zero-order valence-corrected chi connectivity index (χ0v) is 33.7. The highest BCUT2D eigenvalue weighted by Crippen LogP contribution is 2.61. The maximum absolute atomic E-state index is 2.53. The molecule has 0 atom stereocenters. The molecule has 282 valence electrons. The zero-order valence-electron chi connectivity index (χ0n) is 32.9. The molecule has 0 amide bonds. The van der Waals surface area contributed by atoms with Gasteiger partial charge in [0.05, 0.1) is 16.5 Å². The summed E-state index contributed by atoms with van der Waals surface area (Å²) in [5.74, 6) is 0. The van der Waals surface area contributed by atoms with Crippen molar-refractivity contribution in [2.45, 2.75) is 10.8 Å². The maximum Gasteiger partial charge on any atom is 0.0714 e. The van der Waals surface area contributed by atoms with E-state index >= 15 is 0 Å². The predicted octanol–water partition coefficient (Wildman–Crippen LogP) is 15.1. The first-order valence-corrected chi connectivity index (χ1v) is 21.6. The quantitative estimate of drug-likeness (QED) is 0.156. The van der Waals surface area contributed by atoms with Crippen molar-refractivity contribution in [3.05, 3.63) is 280 Å². The summed E-state index contributed by atoms with van der Waals surface area (Å²) in [7, 11) is 0. The Bertz CT molecular complexity index is 3120. The van der Waals surface area contributed by atoms with Gasteiger partial charge in [-0.1, -0.05) is 194 Å². The molecule has 1 heterocycles. The van der Waals surface area contributed by atoms with E-state index in [2.05, 4.69) is 241 Å². The van der Waals surface area contributed by atoms with Crippen LogP contribution in [0.5, 0.6) is 0 Å². The molecule has 60 heavy (non-hydrogen) atoms. The average Bonchev–Trinajstić information content (AvgIpc) is 4.01. The van der Waals surface area contributed by atoms with Crippen LogP contribution in [0, 0.1) is 0 Å². The summed E-state index contributed by atoms with van der Waals surface area (Å²) in [5.41, 5.74) is 17.7. The second-order valence-electron chi connectivity index (χ2n) is 16.0. The lowest BCUT2D eigenvalue weighted by Crippen LogP contribution is -2.29. The number of thiophene rings is 1. The average molecular weight is 782 g/mol. The van der Waals surface area contributed by atoms with Crippen molar-refractivity contribution in [2.75, 3.05) is 4.90 Å². The first kappa shape index (κ1) is 34.8. The summed E-state index contributed by atoms with van der Waals surface area (Å²) < 4.78 is 1.27. The van der Waals surface area contributed by atoms with Crippen LogP contribution in [0.4, 0.5) is 17.1 Å². The van der Waals surface area contributed by atoms with Crippen LogP contribution in [-0.2, 0) is 10.8 Å². The minimum absolute atomic E-state index is 0.511. The maximum atomic E-state index is 2.53. The molecule has 2 aliphatic carbocycles. The minimum Gasteiger partial charge on any atom is -0.310 e. The number of benzene rings is 9. The monoisotopic (exact) mass is 781 g/mol. The molecule has 0 fully saturated rings. The van der Waals surface area contributed by atoms with Gasteiger partial charge in [0.1, 0.15) is 0 Å². The molecule has 2 aliphatic rings. The van der Waals surface area contributed by atoms with Gasteiger partial charge < -0.3 is 4.90 Å². The van der Waals surface area contributed by atoms with E-state index in [1.165, 1.54) is 76.8 Å². The molecule has 0 saturated heterocycles. The summed E-state index contributed by atoms with van der Waals surface area (Å²) in [4.78, 5) is 2.53. The van der Waals surface area contributed by atoms with Gasteiger partial charge in [-0.05, 0) is 108 Å². The van der Waals surface area contributed by atoms with Crippen LogP contribution >= 0.6 is 11.3 Å². The summed E-state index contributed by atoms with van der Waals surface area (Å²) in [5, 5.41) is 3.46. The lowest BCUT2D eigenvalue weighted by atomic mass is 9.67. The van der Waals surface area contributed by atoms with Gasteiger partial charge >= 0.3 is 0 Å². The third-order valence-corrected chi connectivity index (χ3v) is 14.0. The van der Waals surface area contributed by atoms with Gasteiger partial charge in [0, 0.05) is 21.6 Å². The predicted molar refractivity (Wildman–Crippen MR) is 251 cm³/mol. The van der Waals surface area contributed by atoms with Crippen LogP contribution in [0.15, 0.2) is 236 Å². The zero-order chi connectivity index (χ0) is 39.7. The highest BCUT2D eigenvalue weighted by atomic mass is 32.1. The van der Waals surface area contributed by atoms with Crippen molar-refractivity contribution in [1.82, 2.24) is 0 Å². The minimum atomic E-state index is -0.519. The van der Waals surface area contributed by atoms with E-state index in [0.717, 1.165) is 17.1 Å². The highest BCUT2D eigenvalue weighted by Gasteiger charge is 2.49. The fourth-order valence-electron chi connectivity index (χ4n) is 10.7. The van der Waals surface area contributed by atoms with Crippen molar-refractivity contribution in [1.29, 1.82) is 0 Å². The fourth-order valence-corrected chi connectivity index (χ4v) is 11.6. The Morgan fingerprint density at radius 1 is 0.333 bits per heavy atom. The number of fused-ring (bicyclic) bond motifs is 7. The Morgan fingerprint density at radius 2 is 0.800 bits per heavy atom. The molecule has 0 bridgehead atoms. The van der Waals surface area contributed by atoms with E-state index in [4.69, 9.17) is 0 Å². The second kappa shape index (κ2) is 13.7. The molecule has 12 rings (SSSR count). The van der Waals surface area contributed by atoms with E-state index in [9.17, 15) is 0 Å². The lowest BCUT2D eigenvalue weighted by Gasteiger charge is -2.35. The van der Waals surface area contributed by atoms with E-state index in [1.54, 1.807) is 11.3 Å². The number of anilines is 3. The Morgan fingerprint density at radius 3 is 1.42 bits per heavy atom. The van der Waals surface area contributed by atoms with Crippen LogP contribution < -0.4 is 4.90 Å². The Labute approximate surface area is 355 Å². The van der Waals surface area contributed by atoms with E-state index in [-0.39, 0.29) is 0 Å². The highest BCUT2D eigenvalue weighted by molar-refractivity contribution is 7.17. The molecular weight excluding hydrogens is 743 g/mol. The van der Waals surface area contributed by atoms with Gasteiger partial charge in [0.15, 0.2) is 0 Å². The largest absolute Gasteiger partial charge is 0.310 e. The van der Waals surface area contributed by atoms with Gasteiger partial charge in [-0.2, -0.15) is 0 Å².